The average molecular weight is 403 g/mol. The van der Waals surface area contributed by atoms with Crippen LogP contribution in [-0.4, -0.2) is 29.0 Å². The summed E-state index contributed by atoms with van der Waals surface area (Å²) in [5.41, 5.74) is 0.739. The van der Waals surface area contributed by atoms with Gasteiger partial charge in [0.15, 0.2) is 0 Å². The van der Waals surface area contributed by atoms with Gasteiger partial charge in [0.05, 0.1) is 11.1 Å². The zero-order valence-electron chi connectivity index (χ0n) is 15.6. The summed E-state index contributed by atoms with van der Waals surface area (Å²) in [5.74, 6) is 0.124. The van der Waals surface area contributed by atoms with E-state index in [1.165, 1.54) is 6.07 Å². The van der Waals surface area contributed by atoms with Crippen LogP contribution < -0.4 is 14.8 Å². The molecule has 1 heterocycles. The van der Waals surface area contributed by atoms with Gasteiger partial charge in [0.25, 0.3) is 0 Å². The van der Waals surface area contributed by atoms with Crippen LogP contribution in [0.4, 0.5) is 4.39 Å². The second kappa shape index (κ2) is 9.42. The van der Waals surface area contributed by atoms with E-state index in [4.69, 9.17) is 16.3 Å². The van der Waals surface area contributed by atoms with Crippen LogP contribution in [0.5, 0.6) is 5.75 Å². The molecule has 0 amide bonds. The molecule has 1 aliphatic rings. The molecule has 4 nitrogen and oxygen atoms in total. The largest absolute Gasteiger partial charge is 0.598 e. The van der Waals surface area contributed by atoms with Crippen molar-refractivity contribution in [3.63, 3.8) is 0 Å². The molecule has 0 aliphatic carbocycles. The van der Waals surface area contributed by atoms with Crippen molar-refractivity contribution in [3.8, 4) is 5.75 Å². The summed E-state index contributed by atoms with van der Waals surface area (Å²) in [4.78, 5) is 0. The van der Waals surface area contributed by atoms with Crippen molar-refractivity contribution in [1.29, 1.82) is 0 Å². The van der Waals surface area contributed by atoms with Crippen LogP contribution in [0, 0.1) is 11.7 Å². The third-order valence-electron chi connectivity index (χ3n) is 4.39. The molecule has 1 aliphatic heterocycles. The van der Waals surface area contributed by atoms with E-state index in [0.29, 0.717) is 5.75 Å². The van der Waals surface area contributed by atoms with E-state index in [1.54, 1.807) is 12.1 Å². The molecule has 2 rings (SSSR count). The fraction of sp³-hybridized carbons (Fsp3) is 0.579. The van der Waals surface area contributed by atoms with E-state index in [9.17, 15) is 8.94 Å². The highest BCUT2D eigenvalue weighted by atomic mass is 35.5. The summed E-state index contributed by atoms with van der Waals surface area (Å²) in [6.45, 7) is 11.4. The summed E-state index contributed by atoms with van der Waals surface area (Å²) in [7, 11) is 0. The molecular formula is C19H28ClFN2O2S. The lowest BCUT2D eigenvalue weighted by Crippen LogP contribution is -2.45. The first-order chi connectivity index (χ1) is 12.2. The molecule has 0 bridgehead atoms. The molecule has 0 radical (unpaired) electrons. The fourth-order valence-electron chi connectivity index (χ4n) is 2.94. The molecule has 2 N–H and O–H groups in total. The van der Waals surface area contributed by atoms with Gasteiger partial charge < -0.3 is 14.6 Å². The zero-order valence-corrected chi connectivity index (χ0v) is 17.2. The summed E-state index contributed by atoms with van der Waals surface area (Å²) in [5, 5.41) is 3.38. The van der Waals surface area contributed by atoms with Gasteiger partial charge in [0.2, 0.25) is 0 Å². The fourth-order valence-corrected chi connectivity index (χ4v) is 4.02. The molecule has 0 spiro atoms. The third kappa shape index (κ3) is 5.60. The van der Waals surface area contributed by atoms with E-state index in [2.05, 4.69) is 16.6 Å². The Balaban J connectivity index is 2.42. The van der Waals surface area contributed by atoms with Crippen LogP contribution in [0.2, 0.25) is 5.02 Å². The lowest BCUT2D eigenvalue weighted by molar-refractivity contribution is 0.292. The molecule has 1 fully saturated rings. The van der Waals surface area contributed by atoms with Crippen molar-refractivity contribution in [2.45, 2.75) is 44.4 Å². The van der Waals surface area contributed by atoms with Crippen LogP contribution >= 0.6 is 11.6 Å². The Hall–Kier alpha value is -0.790. The van der Waals surface area contributed by atoms with Crippen LogP contribution in [-0.2, 0) is 11.4 Å². The molecule has 2 unspecified atom stereocenters. The van der Waals surface area contributed by atoms with Crippen LogP contribution in [0.1, 0.15) is 45.2 Å². The summed E-state index contributed by atoms with van der Waals surface area (Å²) in [6.07, 6.45) is 3.46. The highest BCUT2D eigenvalue weighted by molar-refractivity contribution is 7.90. The molecule has 1 aromatic carbocycles. The van der Waals surface area contributed by atoms with Crippen LogP contribution in [0.25, 0.3) is 0 Å². The number of piperidine rings is 1. The SMILES string of the molecule is C=CCOc1cc(F)c(Cl)cc1C(N[S+]([O-])C(C)(C)C)C1CCNCC1. The Bertz CT molecular complexity index is 618. The molecule has 146 valence electrons. The summed E-state index contributed by atoms with van der Waals surface area (Å²) >= 11 is 4.78. The quantitative estimate of drug-likeness (QED) is 0.531. The highest BCUT2D eigenvalue weighted by Crippen LogP contribution is 2.38. The Morgan fingerprint density at radius 2 is 2.12 bits per heavy atom. The van der Waals surface area contributed by atoms with E-state index < -0.39 is 21.9 Å². The molecule has 0 aromatic heterocycles. The maximum absolute atomic E-state index is 14.0. The van der Waals surface area contributed by atoms with E-state index >= 15 is 0 Å². The van der Waals surface area contributed by atoms with Gasteiger partial charge in [-0.3, -0.25) is 0 Å². The summed E-state index contributed by atoms with van der Waals surface area (Å²) < 4.78 is 35.3. The second-order valence-electron chi connectivity index (χ2n) is 7.47. The molecule has 26 heavy (non-hydrogen) atoms. The minimum absolute atomic E-state index is 0.0354. The highest BCUT2D eigenvalue weighted by Gasteiger charge is 2.36. The van der Waals surface area contributed by atoms with E-state index in [1.807, 2.05) is 20.8 Å². The molecule has 7 heteroatoms. The molecule has 1 saturated heterocycles. The van der Waals surface area contributed by atoms with Crippen molar-refractivity contribution in [2.75, 3.05) is 19.7 Å². The predicted octanol–water partition coefficient (Wildman–Crippen LogP) is 4.14. The Labute approximate surface area is 163 Å². The topological polar surface area (TPSA) is 56.3 Å². The number of ether oxygens (including phenoxy) is 1. The average Bonchev–Trinajstić information content (AvgIpc) is 2.60. The first-order valence-corrected chi connectivity index (χ1v) is 10.4. The lowest BCUT2D eigenvalue weighted by Gasteiger charge is -2.35. The Morgan fingerprint density at radius 3 is 2.69 bits per heavy atom. The maximum atomic E-state index is 14.0. The van der Waals surface area contributed by atoms with Gasteiger partial charge in [0, 0.05) is 23.0 Å². The van der Waals surface area contributed by atoms with Gasteiger partial charge >= 0.3 is 0 Å². The van der Waals surface area contributed by atoms with Gasteiger partial charge in [-0.15, -0.1) is 4.72 Å². The number of hydrogen-bond acceptors (Lipinski definition) is 4. The molecule has 2 atom stereocenters. The van der Waals surface area contributed by atoms with Crippen LogP contribution in [0.15, 0.2) is 24.8 Å². The minimum atomic E-state index is -1.28. The second-order valence-corrected chi connectivity index (χ2v) is 9.87. The predicted molar refractivity (Wildman–Crippen MR) is 106 cm³/mol. The first-order valence-electron chi connectivity index (χ1n) is 8.85. The zero-order chi connectivity index (χ0) is 19.3. The smallest absolute Gasteiger partial charge is 0.145 e. The Kier molecular flexibility index (Phi) is 7.79. The van der Waals surface area contributed by atoms with Gasteiger partial charge in [0.1, 0.15) is 22.9 Å². The molecule has 1 aromatic rings. The van der Waals surface area contributed by atoms with Gasteiger partial charge in [-0.2, -0.15) is 0 Å². The number of rotatable bonds is 7. The van der Waals surface area contributed by atoms with E-state index in [-0.39, 0.29) is 23.6 Å². The molecule has 0 saturated carbocycles. The Morgan fingerprint density at radius 1 is 1.46 bits per heavy atom. The van der Waals surface area contributed by atoms with Gasteiger partial charge in [-0.1, -0.05) is 24.3 Å². The van der Waals surface area contributed by atoms with Crippen molar-refractivity contribution in [3.05, 3.63) is 41.2 Å². The van der Waals surface area contributed by atoms with Crippen molar-refractivity contribution < 1.29 is 13.7 Å². The van der Waals surface area contributed by atoms with Crippen LogP contribution in [0.3, 0.4) is 0 Å². The van der Waals surface area contributed by atoms with Crippen molar-refractivity contribution in [1.82, 2.24) is 10.0 Å². The number of halogens is 2. The molecular weight excluding hydrogens is 375 g/mol. The first kappa shape index (κ1) is 21.5. The number of benzene rings is 1. The standard InChI is InChI=1S/C19H28ClFN2O2S/c1-5-10-25-17-12-16(21)15(20)11-14(17)18(13-6-8-22-9-7-13)23-26(24)19(2,3)4/h5,11-13,18,22-23H,1,6-10H2,2-4H3. The lowest BCUT2D eigenvalue weighted by atomic mass is 9.86. The van der Waals surface area contributed by atoms with Crippen molar-refractivity contribution in [2.24, 2.45) is 5.92 Å². The number of nitrogens with one attached hydrogen (secondary N) is 2. The van der Waals surface area contributed by atoms with Gasteiger partial charge in [-0.25, -0.2) is 4.39 Å². The maximum Gasteiger partial charge on any atom is 0.145 e. The van der Waals surface area contributed by atoms with E-state index in [0.717, 1.165) is 31.5 Å². The third-order valence-corrected chi connectivity index (χ3v) is 6.26. The number of hydrogen-bond donors (Lipinski definition) is 2. The summed E-state index contributed by atoms with van der Waals surface area (Å²) in [6, 6.07) is 2.65. The normalized spacial score (nSPS) is 18.4. The minimum Gasteiger partial charge on any atom is -0.598 e. The van der Waals surface area contributed by atoms with Crippen molar-refractivity contribution >= 4 is 23.0 Å². The van der Waals surface area contributed by atoms with Gasteiger partial charge in [-0.05, 0) is 58.7 Å². The monoisotopic (exact) mass is 402 g/mol.